The Balaban J connectivity index is 2.00. The van der Waals surface area contributed by atoms with Crippen molar-refractivity contribution in [2.24, 2.45) is 0 Å². The van der Waals surface area contributed by atoms with Gasteiger partial charge in [-0.05, 0) is 42.5 Å². The summed E-state index contributed by atoms with van der Waals surface area (Å²) < 4.78 is 13.8. The van der Waals surface area contributed by atoms with E-state index in [1.54, 1.807) is 24.3 Å². The van der Waals surface area contributed by atoms with Crippen molar-refractivity contribution in [1.82, 2.24) is 0 Å². The van der Waals surface area contributed by atoms with Gasteiger partial charge >= 0.3 is 11.8 Å². The van der Waals surface area contributed by atoms with Crippen LogP contribution in [0.1, 0.15) is 0 Å². The lowest BCUT2D eigenvalue weighted by Gasteiger charge is -2.07. The van der Waals surface area contributed by atoms with E-state index >= 15 is 0 Å². The zero-order chi connectivity index (χ0) is 15.4. The van der Waals surface area contributed by atoms with E-state index in [2.05, 4.69) is 26.6 Å². The van der Waals surface area contributed by atoms with E-state index in [0.29, 0.717) is 5.69 Å². The molecule has 0 aliphatic carbocycles. The summed E-state index contributed by atoms with van der Waals surface area (Å²) in [5, 5.41) is 4.63. The Morgan fingerprint density at radius 3 is 2.05 bits per heavy atom. The summed E-state index contributed by atoms with van der Waals surface area (Å²) >= 11 is 8.85. The number of rotatable bonds is 2. The van der Waals surface area contributed by atoms with Gasteiger partial charge in [0.1, 0.15) is 5.82 Å². The predicted molar refractivity (Wildman–Crippen MR) is 82.8 cm³/mol. The minimum absolute atomic E-state index is 0.138. The van der Waals surface area contributed by atoms with Gasteiger partial charge in [0.05, 0.1) is 5.02 Å². The van der Waals surface area contributed by atoms with Gasteiger partial charge in [0, 0.05) is 15.8 Å². The maximum atomic E-state index is 13.0. The van der Waals surface area contributed by atoms with Crippen molar-refractivity contribution >= 4 is 50.7 Å². The number of carbonyl (C=O) groups is 2. The molecule has 0 aliphatic heterocycles. The monoisotopic (exact) mass is 370 g/mol. The molecule has 0 aromatic heterocycles. The molecule has 0 spiro atoms. The van der Waals surface area contributed by atoms with Crippen molar-refractivity contribution in [3.05, 3.63) is 57.8 Å². The topological polar surface area (TPSA) is 58.2 Å². The van der Waals surface area contributed by atoms with Crippen LogP contribution in [0.2, 0.25) is 5.02 Å². The fourth-order valence-corrected chi connectivity index (χ4v) is 1.93. The molecule has 2 N–H and O–H groups in total. The van der Waals surface area contributed by atoms with Gasteiger partial charge in [-0.2, -0.15) is 0 Å². The average molecular weight is 372 g/mol. The molecule has 0 saturated carbocycles. The molecule has 108 valence electrons. The van der Waals surface area contributed by atoms with Crippen molar-refractivity contribution in [3.8, 4) is 0 Å². The van der Waals surface area contributed by atoms with Crippen LogP contribution in [-0.4, -0.2) is 11.8 Å². The third-order valence-corrected chi connectivity index (χ3v) is 3.30. The van der Waals surface area contributed by atoms with Crippen LogP contribution in [0, 0.1) is 5.82 Å². The fourth-order valence-electron chi connectivity index (χ4n) is 1.48. The molecule has 2 amide bonds. The molecule has 0 unspecified atom stereocenters. The van der Waals surface area contributed by atoms with Gasteiger partial charge in [-0.25, -0.2) is 4.39 Å². The Morgan fingerprint density at radius 2 is 1.48 bits per heavy atom. The van der Waals surface area contributed by atoms with Gasteiger partial charge in [-0.1, -0.05) is 27.5 Å². The van der Waals surface area contributed by atoms with E-state index in [1.807, 2.05) is 0 Å². The Hall–Kier alpha value is -1.92. The maximum absolute atomic E-state index is 13.0. The van der Waals surface area contributed by atoms with Crippen LogP contribution in [-0.2, 0) is 9.59 Å². The van der Waals surface area contributed by atoms with E-state index in [0.717, 1.165) is 10.5 Å². The maximum Gasteiger partial charge on any atom is 0.314 e. The molecule has 2 aromatic carbocycles. The second kappa shape index (κ2) is 6.69. The van der Waals surface area contributed by atoms with Gasteiger partial charge in [-0.3, -0.25) is 9.59 Å². The molecule has 0 heterocycles. The number of anilines is 2. The lowest BCUT2D eigenvalue weighted by Crippen LogP contribution is -2.29. The summed E-state index contributed by atoms with van der Waals surface area (Å²) in [6.07, 6.45) is 0. The Morgan fingerprint density at radius 1 is 0.952 bits per heavy atom. The molecule has 2 aromatic rings. The van der Waals surface area contributed by atoms with Gasteiger partial charge in [0.2, 0.25) is 0 Å². The Bertz CT molecular complexity index is 692. The molecule has 0 aliphatic rings. The number of nitrogens with one attached hydrogen (secondary N) is 2. The van der Waals surface area contributed by atoms with Crippen LogP contribution < -0.4 is 10.6 Å². The summed E-state index contributed by atoms with van der Waals surface area (Å²) in [6, 6.07) is 10.4. The van der Waals surface area contributed by atoms with E-state index in [9.17, 15) is 14.0 Å². The highest BCUT2D eigenvalue weighted by Crippen LogP contribution is 2.19. The number of carbonyl (C=O) groups excluding carboxylic acids is 2. The SMILES string of the molecule is O=C(Nc1ccc(Br)cc1)C(=O)Nc1ccc(F)c(Cl)c1. The molecule has 0 fully saturated rings. The number of hydrogen-bond acceptors (Lipinski definition) is 2. The van der Waals surface area contributed by atoms with E-state index < -0.39 is 17.6 Å². The minimum atomic E-state index is -0.874. The first-order valence-electron chi connectivity index (χ1n) is 5.78. The van der Waals surface area contributed by atoms with Crippen molar-refractivity contribution in [1.29, 1.82) is 0 Å². The molecule has 0 atom stereocenters. The first kappa shape index (κ1) is 15.5. The van der Waals surface area contributed by atoms with Crippen LogP contribution in [0.4, 0.5) is 15.8 Å². The lowest BCUT2D eigenvalue weighted by atomic mass is 10.3. The Kier molecular flexibility index (Phi) is 4.93. The average Bonchev–Trinajstić information content (AvgIpc) is 2.45. The standard InChI is InChI=1S/C14H9BrClFN2O2/c15-8-1-3-9(4-2-8)18-13(20)14(21)19-10-5-6-12(17)11(16)7-10/h1-7H,(H,18,20)(H,19,21). The molecule has 21 heavy (non-hydrogen) atoms. The quantitative estimate of drug-likeness (QED) is 0.789. The molecule has 4 nitrogen and oxygen atoms in total. The third-order valence-electron chi connectivity index (χ3n) is 2.49. The van der Waals surface area contributed by atoms with Crippen LogP contribution in [0.25, 0.3) is 0 Å². The van der Waals surface area contributed by atoms with Gasteiger partial charge in [0.15, 0.2) is 0 Å². The first-order valence-corrected chi connectivity index (χ1v) is 6.96. The lowest BCUT2D eigenvalue weighted by molar-refractivity contribution is -0.132. The highest BCUT2D eigenvalue weighted by molar-refractivity contribution is 9.10. The molecule has 0 radical (unpaired) electrons. The van der Waals surface area contributed by atoms with E-state index in [4.69, 9.17) is 11.6 Å². The highest BCUT2D eigenvalue weighted by Gasteiger charge is 2.14. The predicted octanol–water partition coefficient (Wildman–Crippen LogP) is 3.82. The number of halogens is 3. The molecule has 7 heteroatoms. The number of hydrogen-bond donors (Lipinski definition) is 2. The second-order valence-electron chi connectivity index (χ2n) is 4.04. The van der Waals surface area contributed by atoms with Gasteiger partial charge in [0.25, 0.3) is 0 Å². The van der Waals surface area contributed by atoms with E-state index in [-0.39, 0.29) is 10.7 Å². The van der Waals surface area contributed by atoms with Gasteiger partial charge < -0.3 is 10.6 Å². The summed E-state index contributed by atoms with van der Waals surface area (Å²) in [5.74, 6) is -2.31. The zero-order valence-electron chi connectivity index (χ0n) is 10.5. The van der Waals surface area contributed by atoms with Crippen LogP contribution in [0.3, 0.4) is 0 Å². The normalized spacial score (nSPS) is 10.0. The first-order chi connectivity index (χ1) is 9.95. The second-order valence-corrected chi connectivity index (χ2v) is 5.37. The third kappa shape index (κ3) is 4.27. The van der Waals surface area contributed by atoms with Crippen molar-refractivity contribution < 1.29 is 14.0 Å². The smallest absolute Gasteiger partial charge is 0.314 e. The molecule has 0 bridgehead atoms. The van der Waals surface area contributed by atoms with Crippen molar-refractivity contribution in [3.63, 3.8) is 0 Å². The van der Waals surface area contributed by atoms with Gasteiger partial charge in [-0.15, -0.1) is 0 Å². The summed E-state index contributed by atoms with van der Waals surface area (Å²) in [5.41, 5.74) is 0.716. The molecular weight excluding hydrogens is 363 g/mol. The molecule has 2 rings (SSSR count). The van der Waals surface area contributed by atoms with Crippen molar-refractivity contribution in [2.75, 3.05) is 10.6 Å². The number of benzene rings is 2. The van der Waals surface area contributed by atoms with Crippen LogP contribution in [0.15, 0.2) is 46.9 Å². The summed E-state index contributed by atoms with van der Waals surface area (Å²) in [4.78, 5) is 23.4. The number of amides is 2. The largest absolute Gasteiger partial charge is 0.318 e. The summed E-state index contributed by atoms with van der Waals surface area (Å²) in [7, 11) is 0. The molecular formula is C14H9BrClFN2O2. The van der Waals surface area contributed by atoms with Crippen LogP contribution >= 0.6 is 27.5 Å². The zero-order valence-corrected chi connectivity index (χ0v) is 12.8. The highest BCUT2D eigenvalue weighted by atomic mass is 79.9. The summed E-state index contributed by atoms with van der Waals surface area (Å²) in [6.45, 7) is 0. The van der Waals surface area contributed by atoms with E-state index in [1.165, 1.54) is 12.1 Å². The Labute approximate surface area is 133 Å². The minimum Gasteiger partial charge on any atom is -0.318 e. The molecule has 0 saturated heterocycles. The van der Waals surface area contributed by atoms with Crippen molar-refractivity contribution in [2.45, 2.75) is 0 Å². The van der Waals surface area contributed by atoms with Crippen LogP contribution in [0.5, 0.6) is 0 Å². The fraction of sp³-hybridized carbons (Fsp3) is 0.